The fourth-order valence-electron chi connectivity index (χ4n) is 2.94. The topological polar surface area (TPSA) is 89.0 Å². The molecular formula is C16H31N3O4S. The lowest BCUT2D eigenvalue weighted by Gasteiger charge is -2.21. The van der Waals surface area contributed by atoms with Crippen LogP contribution in [0.2, 0.25) is 0 Å². The van der Waals surface area contributed by atoms with E-state index < -0.39 is 9.84 Å². The fraction of sp³-hybridized carbons (Fsp3) is 0.938. The van der Waals surface area contributed by atoms with Gasteiger partial charge in [0.15, 0.2) is 15.8 Å². The molecule has 24 heavy (non-hydrogen) atoms. The zero-order chi connectivity index (χ0) is 17.3. The number of hydrogen-bond acceptors (Lipinski definition) is 5. The average Bonchev–Trinajstić information content (AvgIpc) is 2.90. The number of ether oxygens (including phenoxy) is 2. The Morgan fingerprint density at radius 1 is 1.29 bits per heavy atom. The van der Waals surface area contributed by atoms with E-state index in [1.807, 2.05) is 6.92 Å². The Labute approximate surface area is 145 Å². The minimum absolute atomic E-state index is 0.0300. The first kappa shape index (κ1) is 19.5. The van der Waals surface area contributed by atoms with Crippen molar-refractivity contribution < 1.29 is 17.9 Å². The van der Waals surface area contributed by atoms with Gasteiger partial charge in [0.1, 0.15) is 0 Å². The molecule has 2 fully saturated rings. The summed E-state index contributed by atoms with van der Waals surface area (Å²) in [6.45, 7) is 6.65. The molecule has 1 unspecified atom stereocenters. The van der Waals surface area contributed by atoms with Gasteiger partial charge in [-0.25, -0.2) is 8.42 Å². The van der Waals surface area contributed by atoms with Gasteiger partial charge in [0.2, 0.25) is 0 Å². The molecule has 0 aromatic heterocycles. The second kappa shape index (κ2) is 10.2. The summed E-state index contributed by atoms with van der Waals surface area (Å²) >= 11 is 0. The van der Waals surface area contributed by atoms with Crippen molar-refractivity contribution in [2.45, 2.75) is 38.6 Å². The van der Waals surface area contributed by atoms with Gasteiger partial charge in [-0.1, -0.05) is 0 Å². The lowest BCUT2D eigenvalue weighted by Crippen LogP contribution is -2.44. The molecule has 0 bridgehead atoms. The van der Waals surface area contributed by atoms with Gasteiger partial charge in [-0.15, -0.1) is 0 Å². The molecule has 0 aliphatic carbocycles. The highest BCUT2D eigenvalue weighted by atomic mass is 32.2. The number of rotatable bonds is 8. The van der Waals surface area contributed by atoms with E-state index in [0.717, 1.165) is 45.6 Å². The predicted octanol–water partition coefficient (Wildman–Crippen LogP) is 0.562. The molecule has 0 radical (unpaired) electrons. The Morgan fingerprint density at radius 3 is 2.75 bits per heavy atom. The first-order valence-electron chi connectivity index (χ1n) is 9.00. The van der Waals surface area contributed by atoms with Crippen LogP contribution in [0.25, 0.3) is 0 Å². The maximum Gasteiger partial charge on any atom is 0.191 e. The molecule has 0 aromatic carbocycles. The molecule has 0 saturated carbocycles. The Balaban J connectivity index is 1.61. The monoisotopic (exact) mass is 361 g/mol. The van der Waals surface area contributed by atoms with E-state index in [1.165, 1.54) is 0 Å². The van der Waals surface area contributed by atoms with Crippen molar-refractivity contribution >= 4 is 15.8 Å². The quantitative estimate of drug-likeness (QED) is 0.373. The summed E-state index contributed by atoms with van der Waals surface area (Å²) in [7, 11) is -2.87. The Morgan fingerprint density at radius 2 is 2.08 bits per heavy atom. The third kappa shape index (κ3) is 7.36. The number of aliphatic imine (C=N–C) groups is 1. The van der Waals surface area contributed by atoms with Crippen molar-refractivity contribution in [3.8, 4) is 0 Å². The van der Waals surface area contributed by atoms with E-state index in [-0.39, 0.29) is 17.5 Å². The standard InChI is InChI=1S/C16H31N3O4S/c1-2-17-16(19-15-6-11-24(20,21)13-15)18-7-3-8-23-12-14-4-9-22-10-5-14/h14-15H,2-13H2,1H3,(H2,17,18,19). The highest BCUT2D eigenvalue weighted by Crippen LogP contribution is 2.14. The van der Waals surface area contributed by atoms with Crippen molar-refractivity contribution in [2.24, 2.45) is 10.9 Å². The van der Waals surface area contributed by atoms with Crippen LogP contribution in [-0.4, -0.2) is 71.4 Å². The summed E-state index contributed by atoms with van der Waals surface area (Å²) in [5, 5.41) is 6.39. The fourth-order valence-corrected chi connectivity index (χ4v) is 4.62. The largest absolute Gasteiger partial charge is 0.381 e. The van der Waals surface area contributed by atoms with Crippen molar-refractivity contribution in [1.29, 1.82) is 0 Å². The molecule has 8 heteroatoms. The first-order valence-corrected chi connectivity index (χ1v) is 10.8. The van der Waals surface area contributed by atoms with E-state index in [2.05, 4.69) is 15.6 Å². The maximum atomic E-state index is 11.5. The van der Waals surface area contributed by atoms with Crippen LogP contribution in [0.15, 0.2) is 4.99 Å². The van der Waals surface area contributed by atoms with Gasteiger partial charge in [-0.2, -0.15) is 0 Å². The highest BCUT2D eigenvalue weighted by Gasteiger charge is 2.28. The second-order valence-corrected chi connectivity index (χ2v) is 8.72. The zero-order valence-electron chi connectivity index (χ0n) is 14.6. The molecule has 2 N–H and O–H groups in total. The first-order chi connectivity index (χ1) is 11.6. The van der Waals surface area contributed by atoms with Crippen molar-refractivity contribution in [3.63, 3.8) is 0 Å². The maximum absolute atomic E-state index is 11.5. The molecule has 2 aliphatic heterocycles. The van der Waals surface area contributed by atoms with E-state index in [9.17, 15) is 8.42 Å². The summed E-state index contributed by atoms with van der Waals surface area (Å²) in [5.41, 5.74) is 0. The van der Waals surface area contributed by atoms with Crippen molar-refractivity contribution in [2.75, 3.05) is 51.0 Å². The second-order valence-electron chi connectivity index (χ2n) is 6.49. The normalized spacial score (nSPS) is 24.9. The summed E-state index contributed by atoms with van der Waals surface area (Å²) in [5.74, 6) is 1.80. The summed E-state index contributed by atoms with van der Waals surface area (Å²) in [6, 6.07) is -0.0300. The van der Waals surface area contributed by atoms with Crippen LogP contribution in [0.4, 0.5) is 0 Å². The van der Waals surface area contributed by atoms with E-state index in [1.54, 1.807) is 0 Å². The Hall–Kier alpha value is -0.860. The van der Waals surface area contributed by atoms with Gasteiger partial charge >= 0.3 is 0 Å². The highest BCUT2D eigenvalue weighted by molar-refractivity contribution is 7.91. The predicted molar refractivity (Wildman–Crippen MR) is 95.2 cm³/mol. The lowest BCUT2D eigenvalue weighted by molar-refractivity contribution is 0.0205. The minimum Gasteiger partial charge on any atom is -0.381 e. The van der Waals surface area contributed by atoms with Gasteiger partial charge in [-0.05, 0) is 38.5 Å². The van der Waals surface area contributed by atoms with Gasteiger partial charge in [-0.3, -0.25) is 4.99 Å². The Bertz CT molecular complexity index is 490. The molecule has 140 valence electrons. The molecule has 7 nitrogen and oxygen atoms in total. The van der Waals surface area contributed by atoms with Crippen LogP contribution in [0.3, 0.4) is 0 Å². The van der Waals surface area contributed by atoms with Gasteiger partial charge in [0.05, 0.1) is 11.5 Å². The number of hydrogen-bond donors (Lipinski definition) is 2. The summed E-state index contributed by atoms with van der Waals surface area (Å²) in [4.78, 5) is 4.51. The summed E-state index contributed by atoms with van der Waals surface area (Å²) in [6.07, 6.45) is 3.71. The summed E-state index contributed by atoms with van der Waals surface area (Å²) < 4.78 is 34.1. The molecule has 2 aliphatic rings. The SMILES string of the molecule is CCNC(=NCCCOCC1CCOCC1)NC1CCS(=O)(=O)C1. The van der Waals surface area contributed by atoms with E-state index >= 15 is 0 Å². The molecule has 0 amide bonds. The molecule has 2 heterocycles. The smallest absolute Gasteiger partial charge is 0.191 e. The number of nitrogens with zero attached hydrogens (tertiary/aromatic N) is 1. The minimum atomic E-state index is -2.87. The van der Waals surface area contributed by atoms with Crippen molar-refractivity contribution in [1.82, 2.24) is 10.6 Å². The molecule has 2 saturated heterocycles. The van der Waals surface area contributed by atoms with Gasteiger partial charge in [0, 0.05) is 45.6 Å². The van der Waals surface area contributed by atoms with E-state index in [0.29, 0.717) is 31.4 Å². The van der Waals surface area contributed by atoms with Crippen LogP contribution < -0.4 is 10.6 Å². The third-order valence-corrected chi connectivity index (χ3v) is 6.10. The Kier molecular flexibility index (Phi) is 8.28. The molecule has 0 spiro atoms. The molecule has 1 atom stereocenters. The van der Waals surface area contributed by atoms with Crippen LogP contribution in [0.1, 0.15) is 32.6 Å². The van der Waals surface area contributed by atoms with Crippen LogP contribution in [-0.2, 0) is 19.3 Å². The van der Waals surface area contributed by atoms with Gasteiger partial charge < -0.3 is 20.1 Å². The van der Waals surface area contributed by atoms with Crippen LogP contribution in [0.5, 0.6) is 0 Å². The third-order valence-electron chi connectivity index (χ3n) is 4.33. The van der Waals surface area contributed by atoms with Crippen LogP contribution >= 0.6 is 0 Å². The lowest BCUT2D eigenvalue weighted by atomic mass is 10.0. The van der Waals surface area contributed by atoms with Gasteiger partial charge in [0.25, 0.3) is 0 Å². The number of nitrogens with one attached hydrogen (secondary N) is 2. The van der Waals surface area contributed by atoms with Crippen LogP contribution in [0, 0.1) is 5.92 Å². The van der Waals surface area contributed by atoms with Crippen molar-refractivity contribution in [3.05, 3.63) is 0 Å². The number of sulfone groups is 1. The number of guanidine groups is 1. The van der Waals surface area contributed by atoms with E-state index in [4.69, 9.17) is 9.47 Å². The molecule has 0 aromatic rings. The zero-order valence-corrected chi connectivity index (χ0v) is 15.4. The molecule has 2 rings (SSSR count). The molecular weight excluding hydrogens is 330 g/mol. The average molecular weight is 362 g/mol.